The van der Waals surface area contributed by atoms with Gasteiger partial charge >= 0.3 is 0 Å². The molecule has 0 spiro atoms. The van der Waals surface area contributed by atoms with Crippen molar-refractivity contribution < 1.29 is 14.3 Å². The van der Waals surface area contributed by atoms with E-state index in [1.165, 1.54) is 5.56 Å². The second-order valence-corrected chi connectivity index (χ2v) is 24.3. The number of pyridine rings is 1. The molecule has 1 fully saturated rings. The largest absolute Gasteiger partial charge is 0.457 e. The lowest BCUT2D eigenvalue weighted by Gasteiger charge is -2.57. The molecule has 380 valence electrons. The van der Waals surface area contributed by atoms with E-state index in [1.54, 1.807) is 0 Å². The summed E-state index contributed by atoms with van der Waals surface area (Å²) in [7, 11) is 0. The van der Waals surface area contributed by atoms with Crippen molar-refractivity contribution in [2.75, 3.05) is 6.67 Å². The molecule has 0 amide bonds. The molecule has 5 heteroatoms. The van der Waals surface area contributed by atoms with Gasteiger partial charge in [0, 0.05) is 54.6 Å². The Balaban J connectivity index is 1.05. The molecule has 0 radical (unpaired) electrons. The van der Waals surface area contributed by atoms with Crippen molar-refractivity contribution in [1.29, 1.82) is 0 Å². The van der Waals surface area contributed by atoms with E-state index in [9.17, 15) is 5.48 Å². The van der Waals surface area contributed by atoms with Gasteiger partial charge in [-0.25, -0.2) is 4.98 Å². The minimum atomic E-state index is -1.80. The van der Waals surface area contributed by atoms with Gasteiger partial charge in [0.2, 0.25) is 0 Å². The lowest BCUT2D eigenvalue weighted by Crippen LogP contribution is -2.67. The van der Waals surface area contributed by atoms with Crippen molar-refractivity contribution in [3.05, 3.63) is 223 Å². The van der Waals surface area contributed by atoms with Crippen molar-refractivity contribution in [3.8, 4) is 50.7 Å². The predicted octanol–water partition coefficient (Wildman–Crippen LogP) is 19.4. The van der Waals surface area contributed by atoms with Crippen molar-refractivity contribution in [2.24, 2.45) is 5.92 Å². The van der Waals surface area contributed by atoms with Crippen LogP contribution in [0.15, 0.2) is 194 Å². The van der Waals surface area contributed by atoms with Crippen LogP contribution in [-0.4, -0.2) is 16.2 Å². The first-order chi connectivity index (χ1) is 39.1. The summed E-state index contributed by atoms with van der Waals surface area (Å²) in [6, 6.07) is 52.4. The van der Waals surface area contributed by atoms with Crippen LogP contribution in [0, 0.1) is 12.6 Å². The highest BCUT2D eigenvalue weighted by Gasteiger charge is 2.65. The van der Waals surface area contributed by atoms with Crippen molar-refractivity contribution in [3.63, 3.8) is 0 Å². The molecule has 2 atom stereocenters. The van der Waals surface area contributed by atoms with Gasteiger partial charge in [-0.3, -0.25) is 13.5 Å². The minimum absolute atomic E-state index is 0.0404. The fourth-order valence-corrected chi connectivity index (χ4v) is 11.7. The first-order valence-corrected chi connectivity index (χ1v) is 26.7. The normalized spacial score (nSPS) is 18.8. The molecule has 5 heterocycles. The molecule has 5 nitrogen and oxygen atoms in total. The fourth-order valence-electron chi connectivity index (χ4n) is 11.7. The van der Waals surface area contributed by atoms with Gasteiger partial charge in [-0.15, -0.1) is 0 Å². The average Bonchev–Trinajstić information content (AvgIpc) is 1.66. The number of benzene rings is 8. The van der Waals surface area contributed by atoms with Gasteiger partial charge in [0.15, 0.2) is 18.0 Å². The Morgan fingerprint density at radius 2 is 1.24 bits per heavy atom. The number of hydrogen-bond acceptors (Lipinski definition) is 2. The molecule has 13 rings (SSSR count). The number of ether oxygens (including phenoxy) is 1. The standard InChI is InChI=1S/C71H71N4O/c1-47(2)37-51-25-18-30-65-67(51)75(68-59(49-23-16-13-17-24-49)28-20-29-60(68)52-38-54(70(6,7)8)41-55(39-52)71(9,10)11)45-74(65,46-75)56-26-19-27-57(43-56)76-58-32-33-61-62-40-50(48-21-14-12-15-22-48)31-34-63(62)73(64(61)44-58)66-42-53(35-36-72-66)69(3,4)5/h12-36,38-45,47H,37,46H2,1-11H3/q+1/t74-,75-/m1/s1/i13D,16D,17D,23D,24D,37D2. The Kier molecular flexibility index (Phi) is 9.89. The van der Waals surface area contributed by atoms with Crippen LogP contribution >= 0.6 is 0 Å². The van der Waals surface area contributed by atoms with E-state index in [4.69, 9.17) is 13.8 Å². The Bertz CT molecular complexity index is 4210. The van der Waals surface area contributed by atoms with Crippen molar-refractivity contribution in [2.45, 2.75) is 98.8 Å². The topological polar surface area (TPSA) is 27.1 Å². The Morgan fingerprint density at radius 3 is 1.93 bits per heavy atom. The van der Waals surface area contributed by atoms with Crippen molar-refractivity contribution >= 4 is 44.6 Å². The Hall–Kier alpha value is -7.57. The van der Waals surface area contributed by atoms with E-state index in [0.29, 0.717) is 35.0 Å². The summed E-state index contributed by atoms with van der Waals surface area (Å²) >= 11 is 0. The van der Waals surface area contributed by atoms with Gasteiger partial charge in [0.05, 0.1) is 24.6 Å². The summed E-state index contributed by atoms with van der Waals surface area (Å²) in [5.74, 6) is 1.66. The van der Waals surface area contributed by atoms with Gasteiger partial charge in [0.1, 0.15) is 28.7 Å². The smallest absolute Gasteiger partial charge is 0.186 e. The van der Waals surface area contributed by atoms with E-state index in [2.05, 4.69) is 183 Å². The van der Waals surface area contributed by atoms with Crippen LogP contribution in [0.3, 0.4) is 0 Å². The Morgan fingerprint density at radius 1 is 0.566 bits per heavy atom. The molecular weight excluding hydrogens is 925 g/mol. The minimum Gasteiger partial charge on any atom is -0.457 e. The monoisotopic (exact) mass is 1000 g/mol. The summed E-state index contributed by atoms with van der Waals surface area (Å²) in [5, 5.41) is 2.17. The number of quaternary nitrogens is 2. The van der Waals surface area contributed by atoms with Gasteiger partial charge in [-0.05, 0) is 128 Å². The maximum Gasteiger partial charge on any atom is 0.186 e. The molecule has 76 heavy (non-hydrogen) atoms. The highest BCUT2D eigenvalue weighted by molar-refractivity contribution is 6.11. The number of hydrogen-bond donors (Lipinski definition) is 0. The number of aromatic nitrogens is 2. The zero-order valence-electron chi connectivity index (χ0n) is 52.6. The zero-order valence-corrected chi connectivity index (χ0v) is 45.6. The number of nitrogens with zero attached hydrogens (tertiary/aromatic N) is 4. The Labute approximate surface area is 460 Å². The van der Waals surface area contributed by atoms with E-state index in [0.717, 1.165) is 78.1 Å². The highest BCUT2D eigenvalue weighted by atomic mass is 16.5. The average molecular weight is 1000 g/mol. The van der Waals surface area contributed by atoms with Crippen LogP contribution < -0.4 is 13.7 Å². The van der Waals surface area contributed by atoms with Crippen molar-refractivity contribution in [1.82, 2.24) is 18.5 Å². The number of fused-ring (bicyclic) bond motifs is 3. The SMILES string of the molecule is [2H]c1c([2H])c([2H])c(-c2cccc(-c3cc(C(C)(C)C)cc(C(C)(C)C)c3)c2[N@+]23[CH-][N@+](c4cccc(Oc5ccc6c7cc(-c8ccccc8)ccc7n(-c7cc(C(C)(C)C)ccn7)c6c5)c4)(C2)c2cccc(C([2H])([2H])C(C)C)c23)c([2H])c1[2H]. The molecule has 10 aromatic rings. The molecule has 1 saturated heterocycles. The quantitative estimate of drug-likeness (QED) is 0.101. The second kappa shape index (κ2) is 18.0. The fraction of sp³-hybridized carbons (Fsp3) is 0.239. The maximum atomic E-state index is 9.88. The van der Waals surface area contributed by atoms with Crippen LogP contribution in [0.1, 0.15) is 108 Å². The van der Waals surface area contributed by atoms with Crippen LogP contribution in [0.5, 0.6) is 11.5 Å². The van der Waals surface area contributed by atoms with Crippen LogP contribution in [0.25, 0.3) is 61.0 Å². The maximum absolute atomic E-state index is 9.88. The van der Waals surface area contributed by atoms with Gasteiger partial charge in [-0.2, -0.15) is 0 Å². The van der Waals surface area contributed by atoms with E-state index < -0.39 is 30.4 Å². The summed E-state index contributed by atoms with van der Waals surface area (Å²) in [4.78, 5) is 4.97. The molecule has 3 aliphatic rings. The summed E-state index contributed by atoms with van der Waals surface area (Å²) in [5.41, 5.74) is 13.3. The van der Waals surface area contributed by atoms with E-state index in [-0.39, 0.29) is 42.9 Å². The molecule has 0 aliphatic carbocycles. The molecule has 0 unspecified atom stereocenters. The zero-order chi connectivity index (χ0) is 59.1. The third-order valence-corrected chi connectivity index (χ3v) is 15.5. The third-order valence-electron chi connectivity index (χ3n) is 15.5. The molecule has 3 aliphatic heterocycles. The summed E-state index contributed by atoms with van der Waals surface area (Å²) in [6.45, 7) is 26.3. The molecule has 8 aromatic carbocycles. The number of rotatable bonds is 10. The van der Waals surface area contributed by atoms with Gasteiger partial charge in [-0.1, -0.05) is 185 Å². The molecule has 2 aromatic heterocycles. The van der Waals surface area contributed by atoms with Gasteiger partial charge < -0.3 is 4.74 Å². The molecule has 0 saturated carbocycles. The summed E-state index contributed by atoms with van der Waals surface area (Å²) < 4.78 is 74.8. The van der Waals surface area contributed by atoms with Crippen LogP contribution in [0.4, 0.5) is 22.7 Å². The molecular formula is C71H71N4O+. The lowest BCUT2D eigenvalue weighted by atomic mass is 9.78. The number of para-hydroxylation sites is 2. The van der Waals surface area contributed by atoms with Crippen LogP contribution in [-0.2, 0) is 22.6 Å². The first kappa shape index (κ1) is 41.7. The third kappa shape index (κ3) is 8.36. The highest BCUT2D eigenvalue weighted by Crippen LogP contribution is 2.69. The van der Waals surface area contributed by atoms with E-state index in [1.807, 2.05) is 68.6 Å². The van der Waals surface area contributed by atoms with E-state index >= 15 is 0 Å². The molecule has 0 N–H and O–H groups in total. The first-order valence-electron chi connectivity index (χ1n) is 30.2. The lowest BCUT2D eigenvalue weighted by molar-refractivity contribution is 0.187. The van der Waals surface area contributed by atoms with Crippen LogP contribution in [0.2, 0.25) is 0 Å². The summed E-state index contributed by atoms with van der Waals surface area (Å²) in [6.07, 6.45) is 0.0902. The molecule has 2 bridgehead atoms. The second-order valence-electron chi connectivity index (χ2n) is 24.3. The predicted molar refractivity (Wildman–Crippen MR) is 321 cm³/mol. The van der Waals surface area contributed by atoms with Gasteiger partial charge in [0.25, 0.3) is 0 Å².